The molecule has 4 aliphatic carbocycles. The van der Waals surface area contributed by atoms with Crippen LogP contribution in [0.2, 0.25) is 0 Å². The van der Waals surface area contributed by atoms with Crippen molar-refractivity contribution in [2.45, 2.75) is 279 Å². The van der Waals surface area contributed by atoms with Gasteiger partial charge in [0, 0.05) is 66.8 Å². The van der Waals surface area contributed by atoms with Gasteiger partial charge in [-0.05, 0) is 120 Å². The molecule has 0 aromatic heterocycles. The smallest absolute Gasteiger partial charge is 0.378 e. The number of carbonyl (C=O) groups excluding carboxylic acids is 12. The Kier molecular flexibility index (Phi) is 29.2. The van der Waals surface area contributed by atoms with Crippen molar-refractivity contribution in [3.05, 3.63) is 0 Å². The SMILES string of the molecule is CCCCC[C@H]1C(=O)N[C@@H]([C@@H](C)CC)C(=O)N[C@@H](C)C(=O)N2CC[C@H]2C(=O)N(C)[C@@H](CC2CCCCC2)C(=O)N(C)CC(=O)N[C@@H](CCC2CCC(C(F)(F)F)C(Cl)C2)C(=O)N2CCC[C@H]2C(=O)NC2(CCCC2)C(=O)N(C)[C@@H](C2CCCC2)C(=O)N(C)[C@H](C(=O)N2CCOCC2)CC(=O)N1C. The molecule has 4 heterocycles. The lowest BCUT2D eigenvalue weighted by Crippen LogP contribution is -2.65. The molecule has 0 aromatic rings. The van der Waals surface area contributed by atoms with E-state index in [4.69, 9.17) is 16.3 Å². The molecule has 29 heteroatoms. The van der Waals surface area contributed by atoms with Gasteiger partial charge in [0.1, 0.15) is 59.9 Å². The highest BCUT2D eigenvalue weighted by molar-refractivity contribution is 6.21. The zero-order valence-corrected chi connectivity index (χ0v) is 62.6. The van der Waals surface area contributed by atoms with Gasteiger partial charge < -0.3 is 65.2 Å². The van der Waals surface area contributed by atoms with E-state index in [9.17, 15) is 41.9 Å². The van der Waals surface area contributed by atoms with Gasteiger partial charge in [0.2, 0.25) is 70.9 Å². The molecule has 4 aliphatic heterocycles. The molecule has 8 fully saturated rings. The first-order valence-corrected chi connectivity index (χ1v) is 38.6. The summed E-state index contributed by atoms with van der Waals surface area (Å²) in [5, 5.41) is 10.4. The molecular weight excluding hydrogens is 1350 g/mol. The number of hydrogen-bond donors (Lipinski definition) is 4. The molecule has 102 heavy (non-hydrogen) atoms. The van der Waals surface area contributed by atoms with Gasteiger partial charge >= 0.3 is 6.18 Å². The summed E-state index contributed by atoms with van der Waals surface area (Å²) in [6.45, 7) is 7.44. The van der Waals surface area contributed by atoms with Gasteiger partial charge in [0.15, 0.2) is 0 Å². The molecular formula is C73H116ClF3N12O13. The summed E-state index contributed by atoms with van der Waals surface area (Å²) in [6, 6.07) is -10.8. The second-order valence-corrected chi connectivity index (χ2v) is 31.4. The maximum Gasteiger partial charge on any atom is 0.393 e. The van der Waals surface area contributed by atoms with Crippen molar-refractivity contribution in [2.75, 3.05) is 81.2 Å². The standard InChI is InChI=1S/C73H116ClF3N12O13/c1-10-12-14-26-53-62(92)80-60(45(3)11-2)64(94)78-46(4)65(95)89-36-32-55(89)68(98)84(7)56(42-47-22-15-13-16-23-47)67(97)82(5)44-58(90)79-52(31-29-48-28-30-50(51(74)41-48)73(75,76)77)66(96)88-35-21-27-54(88)63(93)81-72(33-19-20-34-72)71(101)86(9)61(49-24-17-18-25-49)70(100)85(8)57(43-59(91)83(53)6)69(99)87-37-39-102-40-38-87/h45-57,60-61H,10-44H2,1-9H3,(H,78,94)(H,79,90)(H,80,92)(H,81,93)/t45-,46-,48?,50?,51?,52-,53-,54-,55-,56-,57-,60-,61-/m0/s1. The molecule has 8 aliphatic rings. The maximum absolute atomic E-state index is 15.7. The van der Waals surface area contributed by atoms with E-state index in [1.54, 1.807) is 6.92 Å². The van der Waals surface area contributed by atoms with Crippen molar-refractivity contribution in [1.29, 1.82) is 0 Å². The first-order chi connectivity index (χ1) is 48.4. The van der Waals surface area contributed by atoms with E-state index in [1.807, 2.05) is 13.8 Å². The molecule has 0 bridgehead atoms. The topological polar surface area (TPSA) is 288 Å². The van der Waals surface area contributed by atoms with Crippen LogP contribution in [0, 0.1) is 29.6 Å². The van der Waals surface area contributed by atoms with E-state index in [0.29, 0.717) is 51.4 Å². The lowest BCUT2D eigenvalue weighted by atomic mass is 9.78. The highest BCUT2D eigenvalue weighted by Gasteiger charge is 2.53. The second-order valence-electron chi connectivity index (χ2n) is 30.9. The summed E-state index contributed by atoms with van der Waals surface area (Å²) in [7, 11) is 7.31. The van der Waals surface area contributed by atoms with Crippen LogP contribution in [-0.2, 0) is 62.3 Å². The zero-order chi connectivity index (χ0) is 74.5. The Labute approximate surface area is 605 Å². The van der Waals surface area contributed by atoms with Crippen LogP contribution in [0.25, 0.3) is 0 Å². The monoisotopic (exact) mass is 1460 g/mol. The van der Waals surface area contributed by atoms with E-state index >= 15 is 28.8 Å². The van der Waals surface area contributed by atoms with Crippen LogP contribution >= 0.6 is 11.6 Å². The van der Waals surface area contributed by atoms with Crippen LogP contribution in [0.1, 0.15) is 207 Å². The minimum atomic E-state index is -4.51. The lowest BCUT2D eigenvalue weighted by Gasteiger charge is -2.44. The van der Waals surface area contributed by atoms with Crippen molar-refractivity contribution < 1.29 is 75.4 Å². The minimum Gasteiger partial charge on any atom is -0.378 e. The average molecular weight is 1460 g/mol. The first-order valence-electron chi connectivity index (χ1n) is 38.1. The Morgan fingerprint density at radius 2 is 1.27 bits per heavy atom. The number of alkyl halides is 4. The number of halogens is 4. The zero-order valence-electron chi connectivity index (χ0n) is 61.8. The van der Waals surface area contributed by atoms with Gasteiger partial charge in [-0.1, -0.05) is 104 Å². The lowest BCUT2D eigenvalue weighted by molar-refractivity contribution is -0.182. The fourth-order valence-electron chi connectivity index (χ4n) is 17.2. The number of nitrogens with zero attached hydrogens (tertiary/aromatic N) is 8. The van der Waals surface area contributed by atoms with Crippen molar-refractivity contribution in [3.63, 3.8) is 0 Å². The molecule has 1 spiro atoms. The third-order valence-electron chi connectivity index (χ3n) is 24.0. The first kappa shape index (κ1) is 81.4. The molecule has 12 amide bonds. The average Bonchev–Trinajstić information content (AvgIpc) is 1.21. The van der Waals surface area contributed by atoms with Gasteiger partial charge in [-0.25, -0.2) is 0 Å². The molecule has 574 valence electrons. The minimum absolute atomic E-state index is 0.00134. The van der Waals surface area contributed by atoms with E-state index in [1.165, 1.54) is 81.4 Å². The Balaban J connectivity index is 1.16. The predicted octanol–water partition coefficient (Wildman–Crippen LogP) is 5.66. The van der Waals surface area contributed by atoms with Crippen molar-refractivity contribution in [3.8, 4) is 0 Å². The predicted molar refractivity (Wildman–Crippen MR) is 374 cm³/mol. The number of carbonyl (C=O) groups is 12. The number of fused-ring (bicyclic) bond motifs is 2. The Morgan fingerprint density at radius 1 is 0.618 bits per heavy atom. The molecule has 4 saturated carbocycles. The molecule has 4 N–H and O–H groups in total. The number of unbranched alkanes of at least 4 members (excludes halogenated alkanes) is 2. The summed E-state index contributed by atoms with van der Waals surface area (Å²) < 4.78 is 47.7. The van der Waals surface area contributed by atoms with E-state index < -0.39 is 173 Å². The number of rotatable bonds is 13. The number of nitrogens with one attached hydrogen (secondary N) is 4. The second kappa shape index (κ2) is 36.6. The van der Waals surface area contributed by atoms with Gasteiger partial charge in [-0.15, -0.1) is 11.6 Å². The van der Waals surface area contributed by atoms with Gasteiger partial charge in [-0.2, -0.15) is 13.2 Å². The van der Waals surface area contributed by atoms with Crippen LogP contribution in [0.4, 0.5) is 13.2 Å². The maximum atomic E-state index is 15.7. The summed E-state index contributed by atoms with van der Waals surface area (Å²) >= 11 is 6.42. The van der Waals surface area contributed by atoms with Crippen molar-refractivity contribution >= 4 is 82.5 Å². The van der Waals surface area contributed by atoms with Crippen LogP contribution in [0.5, 0.6) is 0 Å². The molecule has 8 rings (SSSR count). The summed E-state index contributed by atoms with van der Waals surface area (Å²) in [4.78, 5) is 191. The summed E-state index contributed by atoms with van der Waals surface area (Å²) in [5.74, 6) is -10.4. The Bertz CT molecular complexity index is 2980. The quantitative estimate of drug-likeness (QED) is 0.128. The number of morpholine rings is 1. The normalized spacial score (nSPS) is 31.4. The highest BCUT2D eigenvalue weighted by Crippen LogP contribution is 2.44. The van der Waals surface area contributed by atoms with Gasteiger partial charge in [-0.3, -0.25) is 57.5 Å². The van der Waals surface area contributed by atoms with E-state index in [0.717, 1.165) is 51.4 Å². The molecule has 4 saturated heterocycles. The van der Waals surface area contributed by atoms with E-state index in [2.05, 4.69) is 21.3 Å². The van der Waals surface area contributed by atoms with Gasteiger partial charge in [0.25, 0.3) is 0 Å². The fourth-order valence-corrected chi connectivity index (χ4v) is 17.8. The third kappa shape index (κ3) is 19.6. The summed E-state index contributed by atoms with van der Waals surface area (Å²) in [5.41, 5.74) is -1.56. The van der Waals surface area contributed by atoms with Crippen LogP contribution in [0.3, 0.4) is 0 Å². The largest absolute Gasteiger partial charge is 0.393 e. The van der Waals surface area contributed by atoms with Crippen LogP contribution < -0.4 is 21.3 Å². The van der Waals surface area contributed by atoms with Crippen molar-refractivity contribution in [2.24, 2.45) is 29.6 Å². The molecule has 25 nitrogen and oxygen atoms in total. The summed E-state index contributed by atoms with van der Waals surface area (Å²) in [6.07, 6.45) is 6.94. The van der Waals surface area contributed by atoms with Crippen LogP contribution in [0.15, 0.2) is 0 Å². The Hall–Kier alpha value is -6.32. The molecule has 0 aromatic carbocycles. The number of ether oxygens (including phenoxy) is 1. The Morgan fingerprint density at radius 3 is 1.89 bits per heavy atom. The third-order valence-corrected chi connectivity index (χ3v) is 24.5. The molecule has 13 atom stereocenters. The number of amides is 12. The highest BCUT2D eigenvalue weighted by atomic mass is 35.5. The number of hydrogen-bond acceptors (Lipinski definition) is 13. The van der Waals surface area contributed by atoms with Crippen LogP contribution in [-0.4, -0.2) is 263 Å². The molecule has 3 unspecified atom stereocenters. The number of likely N-dealkylation sites (N-methyl/N-ethyl adjacent to an activating group) is 5. The molecule has 0 radical (unpaired) electrons. The fraction of sp³-hybridized carbons (Fsp3) is 0.836. The van der Waals surface area contributed by atoms with Crippen molar-refractivity contribution in [1.82, 2.24) is 60.5 Å². The van der Waals surface area contributed by atoms with Gasteiger partial charge in [0.05, 0.1) is 32.1 Å². The van der Waals surface area contributed by atoms with E-state index in [-0.39, 0.29) is 122 Å².